The summed E-state index contributed by atoms with van der Waals surface area (Å²) in [7, 11) is 0. The lowest BCUT2D eigenvalue weighted by atomic mass is 9.74. The van der Waals surface area contributed by atoms with Gasteiger partial charge in [-0.2, -0.15) is 5.48 Å². The van der Waals surface area contributed by atoms with Crippen LogP contribution in [-0.2, 0) is 14.4 Å². The lowest BCUT2D eigenvalue weighted by molar-refractivity contribution is -0.133. The Kier molecular flexibility index (Phi) is 8.55. The Hall–Kier alpha value is -1.26. The summed E-state index contributed by atoms with van der Waals surface area (Å²) in [6.45, 7) is 2.12. The van der Waals surface area contributed by atoms with Gasteiger partial charge in [0.2, 0.25) is 11.8 Å². The number of carbonyl (C=O) groups is 2. The first-order chi connectivity index (χ1) is 15.2. The fraction of sp³-hybridized carbons (Fsp3) is 0.909. The van der Waals surface area contributed by atoms with Crippen LogP contribution in [0, 0.1) is 17.8 Å². The molecule has 0 aromatic heterocycles. The molecule has 2 aliphatic carbocycles. The molecule has 0 bridgehead atoms. The van der Waals surface area contributed by atoms with Gasteiger partial charge in [-0.25, -0.2) is 5.43 Å². The van der Waals surface area contributed by atoms with Crippen LogP contribution in [0.1, 0.15) is 70.6 Å². The van der Waals surface area contributed by atoms with E-state index in [1.807, 2.05) is 0 Å². The molecule has 0 aromatic rings. The zero-order valence-corrected chi connectivity index (χ0v) is 18.6. The van der Waals surface area contributed by atoms with Gasteiger partial charge in [0.15, 0.2) is 0 Å². The standard InChI is InChI=1S/C22H40N6O3/c29-19(10-11-20-25-21(28-31-20)15-6-2-1-3-7-15)24-13-12-23-14-18-16-8-4-5-9-17(16)22(30)27-26-18/h15-18,20-21,23,25-26,28H,1-14H2,(H,24,29)(H,27,30). The number of nitrogens with one attached hydrogen (secondary N) is 6. The largest absolute Gasteiger partial charge is 0.355 e. The number of hydrazine groups is 1. The van der Waals surface area contributed by atoms with E-state index in [1.165, 1.54) is 38.5 Å². The van der Waals surface area contributed by atoms with Crippen molar-refractivity contribution in [2.24, 2.45) is 17.8 Å². The summed E-state index contributed by atoms with van der Waals surface area (Å²) in [6, 6.07) is 0.258. The van der Waals surface area contributed by atoms with Crippen molar-refractivity contribution in [2.45, 2.75) is 89.1 Å². The fourth-order valence-corrected chi connectivity index (χ4v) is 5.70. The highest BCUT2D eigenvalue weighted by Crippen LogP contribution is 2.34. The maximum absolute atomic E-state index is 12.2. The normalized spacial score (nSPS) is 34.2. The van der Waals surface area contributed by atoms with Crippen molar-refractivity contribution in [3.8, 4) is 0 Å². The predicted molar refractivity (Wildman–Crippen MR) is 117 cm³/mol. The molecule has 5 unspecified atom stereocenters. The quantitative estimate of drug-likeness (QED) is 0.294. The maximum atomic E-state index is 12.2. The average Bonchev–Trinajstić information content (AvgIpc) is 3.29. The second kappa shape index (κ2) is 11.6. The van der Waals surface area contributed by atoms with Gasteiger partial charge in [0.1, 0.15) is 6.23 Å². The summed E-state index contributed by atoms with van der Waals surface area (Å²) in [5.41, 5.74) is 9.14. The fourth-order valence-electron chi connectivity index (χ4n) is 5.70. The highest BCUT2D eigenvalue weighted by molar-refractivity contribution is 5.79. The Morgan fingerprint density at radius 3 is 2.71 bits per heavy atom. The first kappa shape index (κ1) is 22.9. The first-order valence-electron chi connectivity index (χ1n) is 12.4. The maximum Gasteiger partial charge on any atom is 0.237 e. The van der Waals surface area contributed by atoms with Gasteiger partial charge in [0.05, 0.1) is 6.17 Å². The van der Waals surface area contributed by atoms with Gasteiger partial charge >= 0.3 is 0 Å². The molecule has 2 saturated carbocycles. The molecule has 4 fully saturated rings. The molecule has 2 saturated heterocycles. The Labute approximate surface area is 185 Å². The summed E-state index contributed by atoms with van der Waals surface area (Å²) in [5, 5.41) is 9.90. The van der Waals surface area contributed by atoms with Crippen LogP contribution in [0.2, 0.25) is 0 Å². The van der Waals surface area contributed by atoms with Gasteiger partial charge in [-0.05, 0) is 43.9 Å². The Morgan fingerprint density at radius 1 is 1.03 bits per heavy atom. The molecule has 0 radical (unpaired) electrons. The van der Waals surface area contributed by atoms with E-state index in [0.717, 1.165) is 32.4 Å². The van der Waals surface area contributed by atoms with Crippen LogP contribution in [0.4, 0.5) is 0 Å². The number of hydrogen-bond donors (Lipinski definition) is 6. The molecular formula is C22H40N6O3. The van der Waals surface area contributed by atoms with Crippen LogP contribution >= 0.6 is 0 Å². The number of hydrogen-bond acceptors (Lipinski definition) is 7. The first-order valence-corrected chi connectivity index (χ1v) is 12.4. The molecule has 4 rings (SSSR count). The van der Waals surface area contributed by atoms with E-state index < -0.39 is 0 Å². The molecule has 2 aliphatic heterocycles. The number of hydroxylamine groups is 1. The number of rotatable bonds is 9. The van der Waals surface area contributed by atoms with Crippen LogP contribution in [0.3, 0.4) is 0 Å². The van der Waals surface area contributed by atoms with Crippen LogP contribution in [0.15, 0.2) is 0 Å². The van der Waals surface area contributed by atoms with E-state index in [2.05, 4.69) is 32.3 Å². The third-order valence-electron chi connectivity index (χ3n) is 7.50. The van der Waals surface area contributed by atoms with E-state index in [0.29, 0.717) is 31.2 Å². The van der Waals surface area contributed by atoms with Crippen LogP contribution < -0.4 is 32.3 Å². The molecule has 4 aliphatic rings. The minimum atomic E-state index is -0.0909. The van der Waals surface area contributed by atoms with E-state index in [9.17, 15) is 9.59 Å². The van der Waals surface area contributed by atoms with Gasteiger partial charge in [-0.3, -0.25) is 25.2 Å². The minimum Gasteiger partial charge on any atom is -0.355 e. The Balaban J connectivity index is 1.05. The molecule has 31 heavy (non-hydrogen) atoms. The van der Waals surface area contributed by atoms with Crippen LogP contribution in [0.5, 0.6) is 0 Å². The van der Waals surface area contributed by atoms with Gasteiger partial charge in [-0.15, -0.1) is 0 Å². The Morgan fingerprint density at radius 2 is 1.84 bits per heavy atom. The van der Waals surface area contributed by atoms with E-state index >= 15 is 0 Å². The highest BCUT2D eigenvalue weighted by Gasteiger charge is 2.39. The lowest BCUT2D eigenvalue weighted by Crippen LogP contribution is -2.62. The van der Waals surface area contributed by atoms with E-state index in [-0.39, 0.29) is 36.2 Å². The third kappa shape index (κ3) is 6.38. The molecule has 2 heterocycles. The topological polar surface area (TPSA) is 116 Å². The van der Waals surface area contributed by atoms with Crippen LogP contribution in [0.25, 0.3) is 0 Å². The van der Waals surface area contributed by atoms with Gasteiger partial charge in [0, 0.05) is 38.0 Å². The van der Waals surface area contributed by atoms with Gasteiger partial charge < -0.3 is 10.6 Å². The average molecular weight is 437 g/mol. The molecular weight excluding hydrogens is 396 g/mol. The van der Waals surface area contributed by atoms with E-state index in [1.54, 1.807) is 0 Å². The third-order valence-corrected chi connectivity index (χ3v) is 7.50. The molecule has 6 N–H and O–H groups in total. The zero-order chi connectivity index (χ0) is 21.5. The van der Waals surface area contributed by atoms with Crippen molar-refractivity contribution in [3.63, 3.8) is 0 Å². The van der Waals surface area contributed by atoms with Crippen molar-refractivity contribution in [1.82, 2.24) is 32.3 Å². The summed E-state index contributed by atoms with van der Waals surface area (Å²) in [4.78, 5) is 29.8. The lowest BCUT2D eigenvalue weighted by Gasteiger charge is -2.41. The van der Waals surface area contributed by atoms with E-state index in [4.69, 9.17) is 4.84 Å². The molecule has 2 amide bonds. The van der Waals surface area contributed by atoms with Crippen molar-refractivity contribution in [1.29, 1.82) is 0 Å². The molecule has 5 atom stereocenters. The molecule has 9 nitrogen and oxygen atoms in total. The summed E-state index contributed by atoms with van der Waals surface area (Å²) < 4.78 is 0. The predicted octanol–water partition coefficient (Wildman–Crippen LogP) is 0.639. The molecule has 0 aromatic carbocycles. The van der Waals surface area contributed by atoms with Crippen molar-refractivity contribution in [2.75, 3.05) is 19.6 Å². The van der Waals surface area contributed by atoms with Crippen molar-refractivity contribution < 1.29 is 14.4 Å². The SMILES string of the molecule is O=C(CCC1NC(C2CCCCC2)NO1)NCCNCC1NNC(=O)C2CCCCC12. The second-order valence-electron chi connectivity index (χ2n) is 9.65. The highest BCUT2D eigenvalue weighted by atomic mass is 16.7. The monoisotopic (exact) mass is 436 g/mol. The summed E-state index contributed by atoms with van der Waals surface area (Å²) >= 11 is 0. The van der Waals surface area contributed by atoms with Crippen molar-refractivity contribution in [3.05, 3.63) is 0 Å². The van der Waals surface area contributed by atoms with Crippen LogP contribution in [-0.4, -0.2) is 49.9 Å². The number of fused-ring (bicyclic) bond motifs is 1. The Bertz CT molecular complexity index is 600. The second-order valence-corrected chi connectivity index (χ2v) is 9.65. The van der Waals surface area contributed by atoms with Gasteiger partial charge in [0.25, 0.3) is 0 Å². The minimum absolute atomic E-state index is 0.0590. The molecule has 176 valence electrons. The number of carbonyl (C=O) groups excluding carboxylic acids is 2. The summed E-state index contributed by atoms with van der Waals surface area (Å²) in [5.74, 6) is 1.40. The number of amides is 2. The van der Waals surface area contributed by atoms with Gasteiger partial charge in [-0.1, -0.05) is 32.1 Å². The summed E-state index contributed by atoms with van der Waals surface area (Å²) in [6.07, 6.45) is 12.2. The zero-order valence-electron chi connectivity index (χ0n) is 18.6. The molecule has 9 heteroatoms. The van der Waals surface area contributed by atoms with Crippen molar-refractivity contribution >= 4 is 11.8 Å². The molecule has 0 spiro atoms. The smallest absolute Gasteiger partial charge is 0.237 e.